The van der Waals surface area contributed by atoms with Crippen LogP contribution in [-0.4, -0.2) is 24.5 Å². The van der Waals surface area contributed by atoms with Gasteiger partial charge >= 0.3 is 5.97 Å². The van der Waals surface area contributed by atoms with Crippen molar-refractivity contribution in [2.24, 2.45) is 0 Å². The monoisotopic (exact) mass is 282 g/mol. The highest BCUT2D eigenvalue weighted by Crippen LogP contribution is 2.20. The normalized spacial score (nSPS) is 11.8. The average Bonchev–Trinajstić information content (AvgIpc) is 2.38. The van der Waals surface area contributed by atoms with Gasteiger partial charge in [0.15, 0.2) is 11.9 Å². The first-order chi connectivity index (χ1) is 9.49. The molecule has 0 N–H and O–H groups in total. The van der Waals surface area contributed by atoms with Crippen LogP contribution in [-0.2, 0) is 9.53 Å². The quantitative estimate of drug-likeness (QED) is 0.569. The van der Waals surface area contributed by atoms with E-state index in [4.69, 9.17) is 9.47 Å². The van der Waals surface area contributed by atoms with Gasteiger partial charge in [-0.3, -0.25) is 4.79 Å². The highest BCUT2D eigenvalue weighted by Gasteiger charge is 2.21. The molecular formula is C15H19FO4. The molecule has 1 aromatic carbocycles. The third kappa shape index (κ3) is 4.33. The smallest absolute Gasteiger partial charge is 0.347 e. The fourth-order valence-corrected chi connectivity index (χ4v) is 1.74. The molecule has 4 nitrogen and oxygen atoms in total. The van der Waals surface area contributed by atoms with Crippen LogP contribution in [0.15, 0.2) is 18.2 Å². The van der Waals surface area contributed by atoms with Gasteiger partial charge in [-0.1, -0.05) is 13.3 Å². The van der Waals surface area contributed by atoms with Crippen molar-refractivity contribution in [3.05, 3.63) is 29.6 Å². The van der Waals surface area contributed by atoms with E-state index in [1.165, 1.54) is 19.1 Å². The summed E-state index contributed by atoms with van der Waals surface area (Å²) in [5, 5.41) is 0. The Morgan fingerprint density at radius 1 is 1.30 bits per heavy atom. The van der Waals surface area contributed by atoms with Crippen LogP contribution in [0.1, 0.15) is 44.0 Å². The minimum Gasteiger partial charge on any atom is -0.479 e. The molecule has 0 aromatic heterocycles. The molecule has 0 heterocycles. The summed E-state index contributed by atoms with van der Waals surface area (Å²) in [6.45, 7) is 5.18. The van der Waals surface area contributed by atoms with Crippen molar-refractivity contribution in [1.82, 2.24) is 0 Å². The lowest BCUT2D eigenvalue weighted by atomic mass is 10.1. The van der Waals surface area contributed by atoms with Crippen LogP contribution in [0.4, 0.5) is 4.39 Å². The number of carbonyl (C=O) groups is 2. The molecule has 0 aliphatic heterocycles. The van der Waals surface area contributed by atoms with Gasteiger partial charge in [-0.2, -0.15) is 0 Å². The molecule has 5 heteroatoms. The van der Waals surface area contributed by atoms with E-state index in [1.54, 1.807) is 6.92 Å². The van der Waals surface area contributed by atoms with Gasteiger partial charge in [0.25, 0.3) is 0 Å². The summed E-state index contributed by atoms with van der Waals surface area (Å²) < 4.78 is 24.0. The number of esters is 1. The van der Waals surface area contributed by atoms with Crippen LogP contribution in [0.2, 0.25) is 0 Å². The second-order valence-electron chi connectivity index (χ2n) is 4.35. The number of Topliss-reactive ketones (excluding diaryl/α,β-unsaturated/α-hetero) is 1. The lowest BCUT2D eigenvalue weighted by molar-refractivity contribution is -0.151. The predicted molar refractivity (Wildman–Crippen MR) is 72.4 cm³/mol. The third-order valence-electron chi connectivity index (χ3n) is 2.70. The van der Waals surface area contributed by atoms with Gasteiger partial charge < -0.3 is 9.47 Å². The van der Waals surface area contributed by atoms with E-state index in [0.29, 0.717) is 6.42 Å². The fraction of sp³-hybridized carbons (Fsp3) is 0.467. The van der Waals surface area contributed by atoms with Crippen LogP contribution in [0.5, 0.6) is 5.75 Å². The maximum atomic E-state index is 13.7. The van der Waals surface area contributed by atoms with Gasteiger partial charge in [-0.15, -0.1) is 0 Å². The van der Waals surface area contributed by atoms with Crippen LogP contribution in [0, 0.1) is 5.82 Å². The zero-order valence-electron chi connectivity index (χ0n) is 11.9. The lowest BCUT2D eigenvalue weighted by Gasteiger charge is -2.17. The lowest BCUT2D eigenvalue weighted by Crippen LogP contribution is -2.29. The highest BCUT2D eigenvalue weighted by atomic mass is 19.1. The summed E-state index contributed by atoms with van der Waals surface area (Å²) >= 11 is 0. The zero-order chi connectivity index (χ0) is 15.1. The summed E-state index contributed by atoms with van der Waals surface area (Å²) in [4.78, 5) is 22.8. The summed E-state index contributed by atoms with van der Waals surface area (Å²) in [5.41, 5.74) is 0.000487. The summed E-state index contributed by atoms with van der Waals surface area (Å²) in [6.07, 6.45) is 0.453. The molecule has 1 aromatic rings. The Labute approximate surface area is 117 Å². The first-order valence-electron chi connectivity index (χ1n) is 6.63. The van der Waals surface area contributed by atoms with Crippen LogP contribution < -0.4 is 4.74 Å². The van der Waals surface area contributed by atoms with E-state index in [9.17, 15) is 14.0 Å². The molecular weight excluding hydrogens is 263 g/mol. The Hall–Kier alpha value is -1.91. The van der Waals surface area contributed by atoms with Crippen LogP contribution in [0.3, 0.4) is 0 Å². The number of hydrogen-bond acceptors (Lipinski definition) is 4. The Bertz CT molecular complexity index is 485. The van der Waals surface area contributed by atoms with Crippen LogP contribution >= 0.6 is 0 Å². The van der Waals surface area contributed by atoms with Crippen molar-refractivity contribution in [2.75, 3.05) is 6.61 Å². The first kappa shape index (κ1) is 16.1. The number of hydrogen-bond donors (Lipinski definition) is 0. The van der Waals surface area contributed by atoms with Gasteiger partial charge in [0.05, 0.1) is 12.2 Å². The number of ketones is 1. The molecule has 0 saturated carbocycles. The van der Waals surface area contributed by atoms with E-state index in [0.717, 1.165) is 12.5 Å². The van der Waals surface area contributed by atoms with E-state index in [-0.39, 0.29) is 23.7 Å². The Kier molecular flexibility index (Phi) is 6.15. The minimum absolute atomic E-state index is 0.000487. The average molecular weight is 282 g/mol. The molecule has 0 fully saturated rings. The van der Waals surface area contributed by atoms with Crippen molar-refractivity contribution >= 4 is 11.8 Å². The Morgan fingerprint density at radius 3 is 2.50 bits per heavy atom. The van der Waals surface area contributed by atoms with Crippen LogP contribution in [0.25, 0.3) is 0 Å². The summed E-state index contributed by atoms with van der Waals surface area (Å²) in [7, 11) is 0. The molecule has 1 unspecified atom stereocenters. The van der Waals surface area contributed by atoms with Gasteiger partial charge in [-0.05, 0) is 32.4 Å². The van der Waals surface area contributed by atoms with E-state index >= 15 is 0 Å². The number of carbonyl (C=O) groups excluding carboxylic acids is 2. The third-order valence-corrected chi connectivity index (χ3v) is 2.70. The molecule has 110 valence electrons. The van der Waals surface area contributed by atoms with Gasteiger partial charge in [0.1, 0.15) is 11.6 Å². The summed E-state index contributed by atoms with van der Waals surface area (Å²) in [6, 6.07) is 3.93. The van der Waals surface area contributed by atoms with Crippen molar-refractivity contribution in [3.63, 3.8) is 0 Å². The van der Waals surface area contributed by atoms with E-state index in [1.807, 2.05) is 6.92 Å². The Morgan fingerprint density at radius 2 is 2.00 bits per heavy atom. The maximum Gasteiger partial charge on any atom is 0.347 e. The van der Waals surface area contributed by atoms with E-state index < -0.39 is 17.9 Å². The van der Waals surface area contributed by atoms with E-state index in [2.05, 4.69) is 0 Å². The second kappa shape index (κ2) is 7.62. The molecule has 0 aliphatic carbocycles. The second-order valence-corrected chi connectivity index (χ2v) is 4.35. The first-order valence-corrected chi connectivity index (χ1v) is 6.63. The predicted octanol–water partition coefficient (Wildman–Crippen LogP) is 3.14. The molecule has 1 rings (SSSR count). The number of benzene rings is 1. The maximum absolute atomic E-state index is 13.7. The van der Waals surface area contributed by atoms with Gasteiger partial charge in [0, 0.05) is 6.07 Å². The Balaban J connectivity index is 2.86. The van der Waals surface area contributed by atoms with Crippen molar-refractivity contribution in [1.29, 1.82) is 0 Å². The van der Waals surface area contributed by atoms with Crippen molar-refractivity contribution in [2.45, 2.75) is 39.7 Å². The topological polar surface area (TPSA) is 52.6 Å². The molecule has 1 atom stereocenters. The molecule has 0 aliphatic rings. The number of halogens is 1. The van der Waals surface area contributed by atoms with Crippen molar-refractivity contribution < 1.29 is 23.5 Å². The van der Waals surface area contributed by atoms with Crippen molar-refractivity contribution in [3.8, 4) is 5.75 Å². The minimum atomic E-state index is -0.762. The molecule has 20 heavy (non-hydrogen) atoms. The highest BCUT2D eigenvalue weighted by molar-refractivity contribution is 5.94. The zero-order valence-corrected chi connectivity index (χ0v) is 11.9. The SMILES string of the molecule is CCCC(Oc1ccc(C(C)=O)c(F)c1)C(=O)OCC. The number of ether oxygens (including phenoxy) is 2. The van der Waals surface area contributed by atoms with Gasteiger partial charge in [0.2, 0.25) is 0 Å². The largest absolute Gasteiger partial charge is 0.479 e. The number of rotatable bonds is 7. The summed E-state index contributed by atoms with van der Waals surface area (Å²) in [5.74, 6) is -1.27. The molecule has 0 bridgehead atoms. The standard InChI is InChI=1S/C15H19FO4/c1-4-6-14(15(18)19-5-2)20-11-7-8-12(10(3)17)13(16)9-11/h7-9,14H,4-6H2,1-3H3. The molecule has 0 saturated heterocycles. The molecule has 0 spiro atoms. The molecule has 0 amide bonds. The fourth-order valence-electron chi connectivity index (χ4n) is 1.74. The molecule has 0 radical (unpaired) electrons. The van der Waals surface area contributed by atoms with Gasteiger partial charge in [-0.25, -0.2) is 9.18 Å².